The molecule has 0 aromatic heterocycles. The number of halogens is 2. The van der Waals surface area contributed by atoms with E-state index in [4.69, 9.17) is 16.3 Å². The molecule has 2 aromatic rings. The van der Waals surface area contributed by atoms with Gasteiger partial charge in [0.05, 0.1) is 22.3 Å². The molecule has 2 aliphatic heterocycles. The van der Waals surface area contributed by atoms with Gasteiger partial charge in [0.25, 0.3) is 0 Å². The third kappa shape index (κ3) is 4.11. The molecule has 160 valence electrons. The Kier molecular flexibility index (Phi) is 5.65. The van der Waals surface area contributed by atoms with Crippen LogP contribution in [0.25, 0.3) is 0 Å². The van der Waals surface area contributed by atoms with Gasteiger partial charge in [0, 0.05) is 5.69 Å². The number of carbonyl (C=O) groups excluding carboxylic acids is 3. The zero-order chi connectivity index (χ0) is 22.1. The zero-order valence-corrected chi connectivity index (χ0v) is 17.3. The molecule has 2 heterocycles. The Bertz CT molecular complexity index is 1100. The second-order valence-corrected chi connectivity index (χ2v) is 7.58. The largest absolute Gasteiger partial charge is 0.456 e. The summed E-state index contributed by atoms with van der Waals surface area (Å²) in [7, 11) is 0. The van der Waals surface area contributed by atoms with Crippen molar-refractivity contribution in [1.82, 2.24) is 10.2 Å². The van der Waals surface area contributed by atoms with E-state index in [2.05, 4.69) is 10.6 Å². The summed E-state index contributed by atoms with van der Waals surface area (Å²) in [6, 6.07) is 10.2. The predicted octanol–water partition coefficient (Wildman–Crippen LogP) is 3.56. The van der Waals surface area contributed by atoms with E-state index in [1.807, 2.05) is 31.2 Å². The average molecular weight is 444 g/mol. The molecule has 2 aliphatic rings. The summed E-state index contributed by atoms with van der Waals surface area (Å²) >= 11 is 5.73. The number of cyclic esters (lactones) is 1. The molecule has 1 atom stereocenters. The third-order valence-corrected chi connectivity index (χ3v) is 5.51. The maximum absolute atomic E-state index is 13.3. The molecular formula is C22H19ClFN3O4. The molecule has 31 heavy (non-hydrogen) atoms. The van der Waals surface area contributed by atoms with Crippen molar-refractivity contribution in [1.29, 1.82) is 0 Å². The van der Waals surface area contributed by atoms with Gasteiger partial charge in [-0.15, -0.1) is 0 Å². The van der Waals surface area contributed by atoms with Crippen molar-refractivity contribution in [3.8, 4) is 0 Å². The number of benzene rings is 2. The molecule has 0 unspecified atom stereocenters. The average Bonchev–Trinajstić information content (AvgIpc) is 3.14. The lowest BCUT2D eigenvalue weighted by molar-refractivity contribution is -0.136. The first-order valence-electron chi connectivity index (χ1n) is 9.69. The molecular weight excluding hydrogens is 425 g/mol. The van der Waals surface area contributed by atoms with Gasteiger partial charge in [-0.1, -0.05) is 42.8 Å². The number of hydrogen-bond acceptors (Lipinski definition) is 4. The number of nitrogens with one attached hydrogen (secondary N) is 2. The molecule has 2 aromatic carbocycles. The van der Waals surface area contributed by atoms with E-state index >= 15 is 0 Å². The number of hydrogen-bond donors (Lipinski definition) is 2. The van der Waals surface area contributed by atoms with Crippen LogP contribution in [0.15, 0.2) is 53.7 Å². The van der Waals surface area contributed by atoms with Gasteiger partial charge in [0.15, 0.2) is 0 Å². The van der Waals surface area contributed by atoms with Gasteiger partial charge < -0.3 is 15.4 Å². The monoisotopic (exact) mass is 443 g/mol. The number of urea groups is 1. The van der Waals surface area contributed by atoms with Crippen LogP contribution in [0, 0.1) is 5.82 Å². The first-order chi connectivity index (χ1) is 14.9. The van der Waals surface area contributed by atoms with Crippen LogP contribution in [0.2, 0.25) is 5.02 Å². The van der Waals surface area contributed by atoms with Crippen LogP contribution in [0.5, 0.6) is 0 Å². The summed E-state index contributed by atoms with van der Waals surface area (Å²) in [6.45, 7) is 1.59. The van der Waals surface area contributed by atoms with E-state index in [0.717, 1.165) is 23.6 Å². The van der Waals surface area contributed by atoms with E-state index in [1.165, 1.54) is 17.0 Å². The maximum Gasteiger partial charge on any atom is 0.338 e. The standard InChI is InChI=1S/C22H19ClFN3O4/c1-2-12-3-5-13(6-4-12)20-19-17(11-31-21(19)29)27(22(30)26-20)10-18(28)25-14-7-8-16(24)15(23)9-14/h3-9,20H,2,10-11H2,1H3,(H,25,28)(H,26,30)/t20-/m1/s1. The molecule has 0 radical (unpaired) electrons. The van der Waals surface area contributed by atoms with Crippen LogP contribution in [0.1, 0.15) is 24.1 Å². The number of nitrogens with zero attached hydrogens (tertiary/aromatic N) is 1. The van der Waals surface area contributed by atoms with Gasteiger partial charge in [-0.2, -0.15) is 0 Å². The van der Waals surface area contributed by atoms with Gasteiger partial charge in [-0.3, -0.25) is 9.69 Å². The van der Waals surface area contributed by atoms with E-state index in [9.17, 15) is 18.8 Å². The highest BCUT2D eigenvalue weighted by molar-refractivity contribution is 6.31. The number of rotatable bonds is 5. The molecule has 9 heteroatoms. The van der Waals surface area contributed by atoms with Gasteiger partial charge >= 0.3 is 12.0 Å². The Morgan fingerprint density at radius 3 is 2.68 bits per heavy atom. The fourth-order valence-corrected chi connectivity index (χ4v) is 3.77. The van der Waals surface area contributed by atoms with E-state index in [0.29, 0.717) is 11.3 Å². The van der Waals surface area contributed by atoms with Gasteiger partial charge in [-0.05, 0) is 35.7 Å². The fraction of sp³-hybridized carbons (Fsp3) is 0.227. The summed E-state index contributed by atoms with van der Waals surface area (Å²) < 4.78 is 18.5. The van der Waals surface area contributed by atoms with E-state index in [-0.39, 0.29) is 23.9 Å². The van der Waals surface area contributed by atoms with Crippen molar-refractivity contribution in [2.45, 2.75) is 19.4 Å². The SMILES string of the molecule is CCc1ccc([C@H]2NC(=O)N(CC(=O)Nc3ccc(F)c(Cl)c3)C3=C2C(=O)OC3)cc1. The van der Waals surface area contributed by atoms with Crippen molar-refractivity contribution in [2.75, 3.05) is 18.5 Å². The third-order valence-electron chi connectivity index (χ3n) is 5.22. The molecule has 4 rings (SSSR count). The number of aryl methyl sites for hydroxylation is 1. The lowest BCUT2D eigenvalue weighted by atomic mass is 9.94. The summed E-state index contributed by atoms with van der Waals surface area (Å²) in [5.74, 6) is -1.67. The molecule has 0 fully saturated rings. The Morgan fingerprint density at radius 2 is 2.00 bits per heavy atom. The lowest BCUT2D eigenvalue weighted by Crippen LogP contribution is -2.49. The summed E-state index contributed by atoms with van der Waals surface area (Å²) in [4.78, 5) is 38.9. The van der Waals surface area contributed by atoms with Crippen molar-refractivity contribution in [2.24, 2.45) is 0 Å². The summed E-state index contributed by atoms with van der Waals surface area (Å²) in [5, 5.41) is 5.22. The van der Waals surface area contributed by atoms with Crippen LogP contribution >= 0.6 is 11.6 Å². The highest BCUT2D eigenvalue weighted by atomic mass is 35.5. The van der Waals surface area contributed by atoms with Crippen molar-refractivity contribution in [3.63, 3.8) is 0 Å². The minimum absolute atomic E-state index is 0.0964. The predicted molar refractivity (Wildman–Crippen MR) is 112 cm³/mol. The Hall–Kier alpha value is -3.39. The normalized spacial score (nSPS) is 17.9. The summed E-state index contributed by atoms with van der Waals surface area (Å²) in [5.41, 5.74) is 2.83. The van der Waals surface area contributed by atoms with Crippen molar-refractivity contribution >= 4 is 35.2 Å². The molecule has 0 spiro atoms. The van der Waals surface area contributed by atoms with Crippen LogP contribution in [-0.2, 0) is 20.7 Å². The minimum Gasteiger partial charge on any atom is -0.456 e. The second-order valence-electron chi connectivity index (χ2n) is 7.18. The first-order valence-corrected chi connectivity index (χ1v) is 10.1. The highest BCUT2D eigenvalue weighted by Crippen LogP contribution is 2.35. The number of amides is 3. The fourth-order valence-electron chi connectivity index (χ4n) is 3.59. The lowest BCUT2D eigenvalue weighted by Gasteiger charge is -2.32. The molecule has 0 bridgehead atoms. The molecule has 0 aliphatic carbocycles. The highest BCUT2D eigenvalue weighted by Gasteiger charge is 2.42. The van der Waals surface area contributed by atoms with Crippen LogP contribution in [0.4, 0.5) is 14.9 Å². The van der Waals surface area contributed by atoms with Crippen LogP contribution in [-0.4, -0.2) is 36.0 Å². The van der Waals surface area contributed by atoms with E-state index in [1.54, 1.807) is 0 Å². The first kappa shape index (κ1) is 20.9. The zero-order valence-electron chi connectivity index (χ0n) is 16.6. The molecule has 7 nitrogen and oxygen atoms in total. The molecule has 0 saturated carbocycles. The number of esters is 1. The quantitative estimate of drug-likeness (QED) is 0.692. The molecule has 2 N–H and O–H groups in total. The molecule has 3 amide bonds. The van der Waals surface area contributed by atoms with Crippen LogP contribution in [0.3, 0.4) is 0 Å². The molecule has 0 saturated heterocycles. The Labute approximate surface area is 182 Å². The Morgan fingerprint density at radius 1 is 1.26 bits per heavy atom. The Balaban J connectivity index is 1.57. The smallest absolute Gasteiger partial charge is 0.338 e. The van der Waals surface area contributed by atoms with Gasteiger partial charge in [0.2, 0.25) is 5.91 Å². The number of carbonyl (C=O) groups is 3. The van der Waals surface area contributed by atoms with Crippen molar-refractivity contribution in [3.05, 3.63) is 75.7 Å². The van der Waals surface area contributed by atoms with E-state index < -0.39 is 29.8 Å². The number of anilines is 1. The topological polar surface area (TPSA) is 87.7 Å². The second kappa shape index (κ2) is 8.39. The minimum atomic E-state index is -0.654. The van der Waals surface area contributed by atoms with Crippen LogP contribution < -0.4 is 10.6 Å². The number of ether oxygens (including phenoxy) is 1. The van der Waals surface area contributed by atoms with Gasteiger partial charge in [0.1, 0.15) is 19.0 Å². The maximum atomic E-state index is 13.3. The summed E-state index contributed by atoms with van der Waals surface area (Å²) in [6.07, 6.45) is 0.870. The van der Waals surface area contributed by atoms with Gasteiger partial charge in [-0.25, -0.2) is 14.0 Å². The van der Waals surface area contributed by atoms with Crippen molar-refractivity contribution < 1.29 is 23.5 Å².